The minimum Gasteiger partial charge on any atom is -0.495 e. The predicted octanol–water partition coefficient (Wildman–Crippen LogP) is 11.1. The molecule has 0 aliphatic rings. The van der Waals surface area contributed by atoms with Gasteiger partial charge in [-0.15, -0.1) is 40.8 Å². The Labute approximate surface area is 386 Å². The maximum Gasteiger partial charge on any atom is 0.142 e. The molecule has 0 atom stereocenters. The van der Waals surface area contributed by atoms with Crippen LogP contribution in [0.15, 0.2) is 129 Å². The van der Waals surface area contributed by atoms with Crippen LogP contribution in [0.25, 0.3) is 22.7 Å². The Balaban J connectivity index is 0.000000163. The fraction of sp³-hybridized carbons (Fsp3) is 0.385. The van der Waals surface area contributed by atoms with Crippen LogP contribution < -0.4 is 4.74 Å². The van der Waals surface area contributed by atoms with Gasteiger partial charge in [0, 0.05) is 11.4 Å². The minimum atomic E-state index is 0.106. The number of aryl methyl sites for hydroxylation is 2. The van der Waals surface area contributed by atoms with Crippen LogP contribution in [0.1, 0.15) is 123 Å². The Bertz CT molecular complexity index is 2650. The Hall–Kier alpha value is -6.76. The van der Waals surface area contributed by atoms with E-state index < -0.39 is 0 Å². The zero-order chi connectivity index (χ0) is 47.6. The first-order valence-corrected chi connectivity index (χ1v) is 22.0. The third-order valence-corrected chi connectivity index (χ3v) is 10.8. The van der Waals surface area contributed by atoms with Crippen LogP contribution in [-0.4, -0.2) is 66.2 Å². The van der Waals surface area contributed by atoms with Crippen LogP contribution in [0.3, 0.4) is 0 Å². The molecule has 8 aromatic rings. The van der Waals surface area contributed by atoms with Crippen molar-refractivity contribution in [3.05, 3.63) is 163 Å². The van der Waals surface area contributed by atoms with Gasteiger partial charge in [0.25, 0.3) is 0 Å². The molecule has 4 aromatic heterocycles. The number of benzene rings is 4. The van der Waals surface area contributed by atoms with Gasteiger partial charge in [0.2, 0.25) is 0 Å². The molecule has 0 saturated heterocycles. The summed E-state index contributed by atoms with van der Waals surface area (Å²) in [6.45, 7) is 30.8. The van der Waals surface area contributed by atoms with Crippen LogP contribution in [0.2, 0.25) is 0 Å². The SMILES string of the molecule is CC(C)(C)c1ccccc1-n1cnnc1.CCc1cc(-n2cnnc2)cc(C(C)(C)C)c1.COc1ccc(C(C)(C)C)cc1-n1cnnc1.Cc1cc(-n2cnnc2)cc(C(C)(C)C)c1. The quantitative estimate of drug-likeness (QED) is 0.160. The van der Waals surface area contributed by atoms with Crippen LogP contribution in [0, 0.1) is 6.92 Å². The summed E-state index contributed by atoms with van der Waals surface area (Å²) in [5.74, 6) is 0.817. The molecule has 0 amide bonds. The molecule has 0 N–H and O–H groups in total. The van der Waals surface area contributed by atoms with Gasteiger partial charge < -0.3 is 4.74 Å². The fourth-order valence-electron chi connectivity index (χ4n) is 6.81. The van der Waals surface area contributed by atoms with Gasteiger partial charge in [-0.3, -0.25) is 18.3 Å². The molecule has 0 radical (unpaired) electrons. The summed E-state index contributed by atoms with van der Waals surface area (Å²) in [4.78, 5) is 0. The van der Waals surface area contributed by atoms with Gasteiger partial charge in [0.05, 0.1) is 18.5 Å². The Morgan fingerprint density at radius 3 is 1.31 bits per heavy atom. The van der Waals surface area contributed by atoms with Crippen molar-refractivity contribution in [3.63, 3.8) is 0 Å². The van der Waals surface area contributed by atoms with Crippen LogP contribution in [0.5, 0.6) is 5.75 Å². The van der Waals surface area contributed by atoms with E-state index in [2.05, 4.69) is 204 Å². The number of methoxy groups -OCH3 is 1. The first kappa shape index (κ1) is 49.3. The average molecular weight is 877 g/mol. The summed E-state index contributed by atoms with van der Waals surface area (Å²) in [6, 6.07) is 27.8. The van der Waals surface area contributed by atoms with E-state index in [1.165, 1.54) is 33.4 Å². The number of ether oxygens (including phenoxy) is 1. The van der Waals surface area contributed by atoms with E-state index in [0.717, 1.165) is 34.9 Å². The lowest BCUT2D eigenvalue weighted by molar-refractivity contribution is 0.412. The molecular weight excluding hydrogens is 809 g/mol. The lowest BCUT2D eigenvalue weighted by Gasteiger charge is -2.22. The Kier molecular flexibility index (Phi) is 15.8. The number of aromatic nitrogens is 12. The summed E-state index contributed by atoms with van der Waals surface area (Å²) < 4.78 is 13.0. The second kappa shape index (κ2) is 20.8. The number of hydrogen-bond donors (Lipinski definition) is 0. The molecule has 8 rings (SSSR count). The van der Waals surface area contributed by atoms with Gasteiger partial charge >= 0.3 is 0 Å². The standard InChI is InChI=1S/C14H19N3.C13H17N3O.C13H17N3.C12H15N3/c1-5-11-6-12(14(2,3)4)8-13(7-11)17-9-15-16-10-17;1-13(2,3)10-5-6-12(17-4)11(7-10)16-8-14-15-9-16;1-10-5-11(13(2,3)4)7-12(6-10)16-8-14-15-9-16;1-12(2,3)10-6-4-5-7-11(10)15-8-13-14-9-15/h6-10H,5H2,1-4H3;5-9H,1-4H3;5-9H,1-4H3;4-9H,1-3H3. The molecule has 0 aliphatic heterocycles. The first-order valence-electron chi connectivity index (χ1n) is 22.0. The average Bonchev–Trinajstić information content (AvgIpc) is 4.11. The number of nitrogens with zero attached hydrogens (tertiary/aromatic N) is 12. The summed E-state index contributed by atoms with van der Waals surface area (Å²) in [7, 11) is 1.67. The third-order valence-electron chi connectivity index (χ3n) is 10.8. The van der Waals surface area contributed by atoms with Gasteiger partial charge in [-0.05, 0) is 111 Å². The lowest BCUT2D eigenvalue weighted by Crippen LogP contribution is -2.14. The molecule has 0 unspecified atom stereocenters. The van der Waals surface area contributed by atoms with Crippen molar-refractivity contribution in [2.75, 3.05) is 7.11 Å². The molecule has 0 saturated carbocycles. The van der Waals surface area contributed by atoms with E-state index in [9.17, 15) is 0 Å². The monoisotopic (exact) mass is 877 g/mol. The third kappa shape index (κ3) is 13.6. The van der Waals surface area contributed by atoms with E-state index in [-0.39, 0.29) is 21.7 Å². The first-order chi connectivity index (χ1) is 30.6. The molecular formula is C52H68N12O. The van der Waals surface area contributed by atoms with Gasteiger partial charge in [0.15, 0.2) is 0 Å². The summed E-state index contributed by atoms with van der Waals surface area (Å²) in [6.07, 6.45) is 14.8. The maximum atomic E-state index is 5.36. The molecule has 0 bridgehead atoms. The molecule has 65 heavy (non-hydrogen) atoms. The molecule has 342 valence electrons. The number of hydrogen-bond acceptors (Lipinski definition) is 9. The molecule has 4 heterocycles. The molecule has 0 fully saturated rings. The van der Waals surface area contributed by atoms with Crippen molar-refractivity contribution in [2.24, 2.45) is 0 Å². The molecule has 13 nitrogen and oxygen atoms in total. The highest BCUT2D eigenvalue weighted by Crippen LogP contribution is 2.31. The van der Waals surface area contributed by atoms with Crippen molar-refractivity contribution >= 4 is 0 Å². The van der Waals surface area contributed by atoms with Crippen LogP contribution in [0.4, 0.5) is 0 Å². The van der Waals surface area contributed by atoms with E-state index in [1.54, 1.807) is 57.7 Å². The Morgan fingerprint density at radius 2 is 0.862 bits per heavy atom. The number of para-hydroxylation sites is 1. The second-order valence-corrected chi connectivity index (χ2v) is 20.2. The van der Waals surface area contributed by atoms with E-state index in [1.807, 2.05) is 30.4 Å². The van der Waals surface area contributed by atoms with Crippen LogP contribution in [-0.2, 0) is 28.1 Å². The van der Waals surface area contributed by atoms with Crippen molar-refractivity contribution in [2.45, 2.75) is 125 Å². The normalized spacial score (nSPS) is 11.7. The smallest absolute Gasteiger partial charge is 0.142 e. The molecule has 0 spiro atoms. The second-order valence-electron chi connectivity index (χ2n) is 20.2. The number of rotatable bonds is 6. The summed E-state index contributed by atoms with van der Waals surface area (Å²) >= 11 is 0. The highest BCUT2D eigenvalue weighted by molar-refractivity contribution is 5.50. The van der Waals surface area contributed by atoms with Crippen molar-refractivity contribution in [1.82, 2.24) is 59.1 Å². The molecule has 13 heteroatoms. The fourth-order valence-corrected chi connectivity index (χ4v) is 6.81. The largest absolute Gasteiger partial charge is 0.495 e. The van der Waals surface area contributed by atoms with Gasteiger partial charge in [-0.1, -0.05) is 126 Å². The van der Waals surface area contributed by atoms with Crippen LogP contribution >= 0.6 is 0 Å². The van der Waals surface area contributed by atoms with Gasteiger partial charge in [-0.2, -0.15) is 0 Å². The summed E-state index contributed by atoms with van der Waals surface area (Å²) in [5, 5.41) is 30.7. The molecule has 0 aliphatic carbocycles. The van der Waals surface area contributed by atoms with E-state index >= 15 is 0 Å². The predicted molar refractivity (Wildman–Crippen MR) is 261 cm³/mol. The maximum absolute atomic E-state index is 5.36. The molecule has 4 aromatic carbocycles. The van der Waals surface area contributed by atoms with Gasteiger partial charge in [0.1, 0.15) is 56.4 Å². The minimum absolute atomic E-state index is 0.106. The lowest BCUT2D eigenvalue weighted by atomic mass is 9.85. The zero-order valence-corrected chi connectivity index (χ0v) is 41.1. The van der Waals surface area contributed by atoms with Crippen molar-refractivity contribution in [1.29, 1.82) is 0 Å². The van der Waals surface area contributed by atoms with Gasteiger partial charge in [-0.25, -0.2) is 0 Å². The zero-order valence-electron chi connectivity index (χ0n) is 41.1. The van der Waals surface area contributed by atoms with Crippen molar-refractivity contribution < 1.29 is 4.74 Å². The van der Waals surface area contributed by atoms with E-state index in [0.29, 0.717) is 0 Å². The Morgan fingerprint density at radius 1 is 0.431 bits per heavy atom. The summed E-state index contributed by atoms with van der Waals surface area (Å²) in [5.41, 5.74) is 12.8. The highest BCUT2D eigenvalue weighted by Gasteiger charge is 2.20. The van der Waals surface area contributed by atoms with E-state index in [4.69, 9.17) is 4.74 Å². The highest BCUT2D eigenvalue weighted by atomic mass is 16.5. The topological polar surface area (TPSA) is 132 Å². The van der Waals surface area contributed by atoms with Crippen molar-refractivity contribution in [3.8, 4) is 28.5 Å².